The van der Waals surface area contributed by atoms with E-state index in [0.29, 0.717) is 19.5 Å². The van der Waals surface area contributed by atoms with E-state index in [-0.39, 0.29) is 23.8 Å². The van der Waals surface area contributed by atoms with Gasteiger partial charge in [-0.05, 0) is 25.3 Å². The molecule has 26 heavy (non-hydrogen) atoms. The Labute approximate surface area is 158 Å². The van der Waals surface area contributed by atoms with Gasteiger partial charge in [0.15, 0.2) is 0 Å². The summed E-state index contributed by atoms with van der Waals surface area (Å²) in [5.41, 5.74) is 1.03. The highest BCUT2D eigenvalue weighted by atomic mass is 32.1. The zero-order valence-electron chi connectivity index (χ0n) is 15.3. The number of benzene rings is 1. The minimum absolute atomic E-state index is 0.0109. The first kappa shape index (κ1) is 18.6. The number of thiazole rings is 1. The van der Waals surface area contributed by atoms with E-state index in [2.05, 4.69) is 4.98 Å². The molecule has 0 bridgehead atoms. The Morgan fingerprint density at radius 2 is 1.96 bits per heavy atom. The van der Waals surface area contributed by atoms with Crippen LogP contribution >= 0.6 is 11.3 Å². The highest BCUT2D eigenvalue weighted by Gasteiger charge is 2.31. The van der Waals surface area contributed by atoms with E-state index in [1.807, 2.05) is 54.6 Å². The van der Waals surface area contributed by atoms with Crippen LogP contribution in [0.4, 0.5) is 0 Å². The first-order chi connectivity index (χ1) is 12.6. The number of carbonyl (C=O) groups is 2. The topological polar surface area (TPSA) is 53.5 Å². The number of likely N-dealkylation sites (tertiary alicyclic amines) is 1. The summed E-state index contributed by atoms with van der Waals surface area (Å²) in [6, 6.07) is 9.79. The van der Waals surface area contributed by atoms with Gasteiger partial charge in [-0.15, -0.1) is 11.3 Å². The number of hydrogen-bond donors (Lipinski definition) is 0. The summed E-state index contributed by atoms with van der Waals surface area (Å²) < 4.78 is 0. The van der Waals surface area contributed by atoms with Crippen molar-refractivity contribution in [3.05, 3.63) is 52.5 Å². The number of nitrogens with zero attached hydrogens (tertiary/aromatic N) is 3. The maximum absolute atomic E-state index is 12.8. The van der Waals surface area contributed by atoms with Gasteiger partial charge in [0.2, 0.25) is 11.8 Å². The fourth-order valence-corrected chi connectivity index (χ4v) is 4.08. The lowest BCUT2D eigenvalue weighted by Crippen LogP contribution is -2.44. The Bertz CT molecular complexity index is 725. The first-order valence-corrected chi connectivity index (χ1v) is 9.92. The molecule has 3 rings (SSSR count). The van der Waals surface area contributed by atoms with E-state index in [4.69, 9.17) is 0 Å². The monoisotopic (exact) mass is 371 g/mol. The standard InChI is InChI=1S/C20H25N3O2S/c1-15(19-21-10-13-26-19)22(2)20(25)17-8-11-23(12-9-17)18(24)14-16-6-4-3-5-7-16/h3-7,10,13,15,17H,8-9,11-12,14H2,1-2H3. The molecule has 138 valence electrons. The molecule has 0 spiro atoms. The lowest BCUT2D eigenvalue weighted by Gasteiger charge is -2.34. The van der Waals surface area contributed by atoms with Crippen molar-refractivity contribution in [1.29, 1.82) is 0 Å². The summed E-state index contributed by atoms with van der Waals surface area (Å²) in [4.78, 5) is 33.3. The molecule has 2 heterocycles. The molecule has 1 aliphatic rings. The summed E-state index contributed by atoms with van der Waals surface area (Å²) in [7, 11) is 1.85. The van der Waals surface area contributed by atoms with Crippen molar-refractivity contribution in [3.8, 4) is 0 Å². The summed E-state index contributed by atoms with van der Waals surface area (Å²) >= 11 is 1.57. The number of carbonyl (C=O) groups excluding carboxylic acids is 2. The fourth-order valence-electron chi connectivity index (χ4n) is 3.34. The van der Waals surface area contributed by atoms with Gasteiger partial charge in [-0.3, -0.25) is 9.59 Å². The van der Waals surface area contributed by atoms with E-state index in [0.717, 1.165) is 23.4 Å². The minimum Gasteiger partial charge on any atom is -0.342 e. The van der Waals surface area contributed by atoms with Crippen LogP contribution < -0.4 is 0 Å². The zero-order valence-corrected chi connectivity index (χ0v) is 16.1. The van der Waals surface area contributed by atoms with E-state index >= 15 is 0 Å². The largest absolute Gasteiger partial charge is 0.342 e. The number of rotatable bonds is 5. The minimum atomic E-state index is -0.0137. The van der Waals surface area contributed by atoms with E-state index < -0.39 is 0 Å². The van der Waals surface area contributed by atoms with E-state index in [1.54, 1.807) is 22.4 Å². The second kappa shape index (κ2) is 8.45. The van der Waals surface area contributed by atoms with Crippen LogP contribution in [0.2, 0.25) is 0 Å². The van der Waals surface area contributed by atoms with Crippen LogP contribution in [0.1, 0.15) is 36.4 Å². The number of hydrogen-bond acceptors (Lipinski definition) is 4. The number of piperidine rings is 1. The maximum atomic E-state index is 12.8. The smallest absolute Gasteiger partial charge is 0.226 e. The third kappa shape index (κ3) is 4.30. The van der Waals surface area contributed by atoms with Gasteiger partial charge in [-0.25, -0.2) is 4.98 Å². The molecule has 1 atom stereocenters. The molecular formula is C20H25N3O2S. The van der Waals surface area contributed by atoms with Gasteiger partial charge in [-0.1, -0.05) is 30.3 Å². The van der Waals surface area contributed by atoms with Gasteiger partial charge in [0.1, 0.15) is 5.01 Å². The molecule has 1 unspecified atom stereocenters. The predicted octanol–water partition coefficient (Wildman–Crippen LogP) is 3.14. The quantitative estimate of drug-likeness (QED) is 0.811. The summed E-state index contributed by atoms with van der Waals surface area (Å²) in [5.74, 6) is 0.289. The lowest BCUT2D eigenvalue weighted by atomic mass is 9.94. The Morgan fingerprint density at radius 1 is 1.27 bits per heavy atom. The second-order valence-electron chi connectivity index (χ2n) is 6.81. The van der Waals surface area contributed by atoms with Gasteiger partial charge in [0, 0.05) is 37.6 Å². The molecule has 0 N–H and O–H groups in total. The zero-order chi connectivity index (χ0) is 18.5. The number of aromatic nitrogens is 1. The van der Waals surface area contributed by atoms with Crippen molar-refractivity contribution in [2.75, 3.05) is 20.1 Å². The van der Waals surface area contributed by atoms with Crippen molar-refractivity contribution >= 4 is 23.2 Å². The molecule has 1 fully saturated rings. The van der Waals surface area contributed by atoms with Crippen molar-refractivity contribution in [1.82, 2.24) is 14.8 Å². The lowest BCUT2D eigenvalue weighted by molar-refractivity contribution is -0.141. The second-order valence-corrected chi connectivity index (χ2v) is 7.74. The Balaban J connectivity index is 1.51. The van der Waals surface area contributed by atoms with Crippen molar-refractivity contribution in [2.24, 2.45) is 5.92 Å². The Morgan fingerprint density at radius 3 is 2.58 bits per heavy atom. The SMILES string of the molecule is CC(c1nccs1)N(C)C(=O)C1CCN(C(=O)Cc2ccccc2)CC1. The molecule has 6 heteroatoms. The van der Waals surface area contributed by atoms with E-state index in [9.17, 15) is 9.59 Å². The van der Waals surface area contributed by atoms with Gasteiger partial charge in [0.05, 0.1) is 12.5 Å². The summed E-state index contributed by atoms with van der Waals surface area (Å²) in [6.45, 7) is 3.32. The molecule has 1 aliphatic heterocycles. The average molecular weight is 372 g/mol. The van der Waals surface area contributed by atoms with Crippen LogP contribution in [0.25, 0.3) is 0 Å². The molecule has 1 aromatic carbocycles. The highest BCUT2D eigenvalue weighted by molar-refractivity contribution is 7.09. The van der Waals surface area contributed by atoms with Crippen LogP contribution in [0.5, 0.6) is 0 Å². The van der Waals surface area contributed by atoms with Crippen LogP contribution in [0, 0.1) is 5.92 Å². The maximum Gasteiger partial charge on any atom is 0.226 e. The molecule has 2 aromatic rings. The van der Waals surface area contributed by atoms with Crippen LogP contribution in [-0.4, -0.2) is 46.7 Å². The molecule has 1 saturated heterocycles. The molecule has 1 aromatic heterocycles. The third-order valence-corrected chi connectivity index (χ3v) is 6.08. The normalized spacial score (nSPS) is 16.3. The average Bonchev–Trinajstić information content (AvgIpc) is 3.22. The molecule has 2 amide bonds. The van der Waals surface area contributed by atoms with Gasteiger partial charge in [0.25, 0.3) is 0 Å². The molecule has 5 nitrogen and oxygen atoms in total. The third-order valence-electron chi connectivity index (χ3n) is 5.13. The van der Waals surface area contributed by atoms with Gasteiger partial charge >= 0.3 is 0 Å². The predicted molar refractivity (Wildman–Crippen MR) is 103 cm³/mol. The first-order valence-electron chi connectivity index (χ1n) is 9.04. The van der Waals surface area contributed by atoms with Crippen LogP contribution in [0.15, 0.2) is 41.9 Å². The molecule has 0 aliphatic carbocycles. The number of amides is 2. The molecule has 0 radical (unpaired) electrons. The highest BCUT2D eigenvalue weighted by Crippen LogP contribution is 2.26. The summed E-state index contributed by atoms with van der Waals surface area (Å²) in [5, 5.41) is 2.89. The molecular weight excluding hydrogens is 346 g/mol. The van der Waals surface area contributed by atoms with Crippen molar-refractivity contribution < 1.29 is 9.59 Å². The Hall–Kier alpha value is -2.21. The van der Waals surface area contributed by atoms with Crippen LogP contribution in [-0.2, 0) is 16.0 Å². The van der Waals surface area contributed by atoms with Crippen LogP contribution in [0.3, 0.4) is 0 Å². The fraction of sp³-hybridized carbons (Fsp3) is 0.450. The van der Waals surface area contributed by atoms with E-state index in [1.165, 1.54) is 0 Å². The summed E-state index contributed by atoms with van der Waals surface area (Å²) in [6.07, 6.45) is 3.66. The molecule has 0 saturated carbocycles. The van der Waals surface area contributed by atoms with Crippen molar-refractivity contribution in [3.63, 3.8) is 0 Å². The van der Waals surface area contributed by atoms with Crippen molar-refractivity contribution in [2.45, 2.75) is 32.2 Å². The van der Waals surface area contributed by atoms with Gasteiger partial charge in [-0.2, -0.15) is 0 Å². The Kier molecular flexibility index (Phi) is 6.04. The van der Waals surface area contributed by atoms with Gasteiger partial charge < -0.3 is 9.80 Å².